The summed E-state index contributed by atoms with van der Waals surface area (Å²) in [6, 6.07) is 0. The molecule has 0 saturated carbocycles. The van der Waals surface area contributed by atoms with Crippen molar-refractivity contribution in [1.82, 2.24) is 21.3 Å². The maximum atomic E-state index is 9.38. The molecule has 9 heteroatoms. The summed E-state index contributed by atoms with van der Waals surface area (Å²) in [4.78, 5) is 37.5. The van der Waals surface area contributed by atoms with E-state index in [0.717, 1.165) is 13.3 Å². The van der Waals surface area contributed by atoms with Crippen LogP contribution in [0.4, 0.5) is 0 Å². The van der Waals surface area contributed by atoms with Crippen LogP contribution < -0.4 is 21.3 Å². The molecule has 0 spiro atoms. The summed E-state index contributed by atoms with van der Waals surface area (Å²) in [6.45, 7) is 2.25. The molecule has 4 amide bonds. The van der Waals surface area contributed by atoms with E-state index in [2.05, 4.69) is 21.3 Å². The van der Waals surface area contributed by atoms with Crippen LogP contribution in [-0.4, -0.2) is 25.6 Å². The average Bonchev–Trinajstić information content (AvgIpc) is 2.21. The molecule has 0 atom stereocenters. The van der Waals surface area contributed by atoms with Crippen molar-refractivity contribution in [1.29, 1.82) is 0 Å². The van der Waals surface area contributed by atoms with Crippen LogP contribution in [0.1, 0.15) is 0 Å². The fourth-order valence-corrected chi connectivity index (χ4v) is 0.232. The Bertz CT molecular complexity index is 135. The fraction of sp³-hybridized carbons (Fsp3) is 0. The van der Waals surface area contributed by atoms with Gasteiger partial charge in [-0.15, -0.1) is 0 Å². The summed E-state index contributed by atoms with van der Waals surface area (Å²) in [5.41, 5.74) is 0. The smallest absolute Gasteiger partial charge is 0.489 e. The molecule has 0 aliphatic carbocycles. The van der Waals surface area contributed by atoms with E-state index in [-0.39, 0.29) is 21.7 Å². The molecule has 0 bridgehead atoms. The number of rotatable bonds is 8. The molecular weight excluding hydrogens is 240 g/mol. The van der Waals surface area contributed by atoms with Crippen LogP contribution in [0.2, 0.25) is 0 Å². The van der Waals surface area contributed by atoms with Gasteiger partial charge in [-0.25, -0.2) is 0 Å². The zero-order valence-corrected chi connectivity index (χ0v) is 9.16. The van der Waals surface area contributed by atoms with E-state index in [1.165, 1.54) is 0 Å². The number of carbonyl (C=O) groups is 4. The second-order valence-electron chi connectivity index (χ2n) is 1.43. The largest absolute Gasteiger partial charge is 2.00 e. The number of amides is 4. The van der Waals surface area contributed by atoms with E-state index in [0.29, 0.717) is 25.6 Å². The Kier molecular flexibility index (Phi) is 29.4. The Morgan fingerprint density at radius 3 is 0.933 bits per heavy atom. The van der Waals surface area contributed by atoms with Crippen molar-refractivity contribution >= 4 is 25.6 Å². The van der Waals surface area contributed by atoms with Crippen LogP contribution in [0.15, 0.2) is 0 Å². The van der Waals surface area contributed by atoms with Crippen molar-refractivity contribution in [3.8, 4) is 0 Å². The Labute approximate surface area is 101 Å². The van der Waals surface area contributed by atoms with E-state index in [4.69, 9.17) is 0 Å². The normalized spacial score (nSPS) is 6.40. The third kappa shape index (κ3) is 32.5. The van der Waals surface area contributed by atoms with Crippen LogP contribution in [0.5, 0.6) is 0 Å². The molecule has 0 heterocycles. The molecule has 0 saturated heterocycles. The third-order valence-electron chi connectivity index (χ3n) is 0.605. The molecular formula is C6H10N4O4Ti. The number of hydrogen-bond acceptors (Lipinski definition) is 4. The first kappa shape index (κ1) is 19.2. The summed E-state index contributed by atoms with van der Waals surface area (Å²) in [7, 11) is 0. The Morgan fingerprint density at radius 2 is 0.800 bits per heavy atom. The van der Waals surface area contributed by atoms with E-state index in [1.807, 2.05) is 0 Å². The molecule has 0 rings (SSSR count). The Morgan fingerprint density at radius 1 is 0.600 bits per heavy atom. The van der Waals surface area contributed by atoms with Crippen LogP contribution in [0, 0.1) is 13.3 Å². The quantitative estimate of drug-likeness (QED) is 0.161. The topological polar surface area (TPSA) is 116 Å². The van der Waals surface area contributed by atoms with Crippen LogP contribution in [0.25, 0.3) is 0 Å². The minimum absolute atomic E-state index is 0. The predicted molar refractivity (Wildman–Crippen MR) is 45.4 cm³/mol. The number of nitrogens with one attached hydrogen (secondary N) is 4. The zero-order chi connectivity index (χ0) is 11.1. The molecule has 0 aliphatic rings. The third-order valence-corrected chi connectivity index (χ3v) is 0.605. The van der Waals surface area contributed by atoms with Crippen molar-refractivity contribution in [3.63, 3.8) is 0 Å². The van der Waals surface area contributed by atoms with Crippen molar-refractivity contribution in [2.75, 3.05) is 0 Å². The molecule has 0 aromatic heterocycles. The first-order valence-corrected chi connectivity index (χ1v) is 3.25. The molecule has 0 unspecified atom stereocenters. The summed E-state index contributed by atoms with van der Waals surface area (Å²) < 4.78 is 0. The van der Waals surface area contributed by atoms with Gasteiger partial charge >= 0.3 is 21.7 Å². The van der Waals surface area contributed by atoms with Gasteiger partial charge in [-0.1, -0.05) is 0 Å². The molecule has 0 radical (unpaired) electrons. The van der Waals surface area contributed by atoms with Crippen LogP contribution in [-0.2, 0) is 40.9 Å². The molecule has 4 N–H and O–H groups in total. The van der Waals surface area contributed by atoms with Gasteiger partial charge in [-0.3, -0.25) is 19.2 Å². The molecule has 8 nitrogen and oxygen atoms in total. The fourth-order valence-electron chi connectivity index (χ4n) is 0.232. The second-order valence-corrected chi connectivity index (χ2v) is 1.43. The monoisotopic (exact) mass is 250 g/mol. The first-order chi connectivity index (χ1) is 6.83. The van der Waals surface area contributed by atoms with Crippen molar-refractivity contribution in [2.45, 2.75) is 0 Å². The van der Waals surface area contributed by atoms with Crippen molar-refractivity contribution in [2.24, 2.45) is 0 Å². The van der Waals surface area contributed by atoms with Crippen molar-refractivity contribution < 1.29 is 40.9 Å². The maximum absolute atomic E-state index is 9.38. The molecule has 0 aromatic carbocycles. The molecule has 0 aliphatic heterocycles. The van der Waals surface area contributed by atoms with E-state index in [1.54, 1.807) is 0 Å². The standard InChI is InChI=1S/2C3H5N2O2.Ti/c2*6-2-4-1-5-3-7;/h2*1-3H,(H,4,6)(H,5,7);/q2*-1;+2. The van der Waals surface area contributed by atoms with Gasteiger partial charge in [0.1, 0.15) is 0 Å². The minimum Gasteiger partial charge on any atom is -0.489 e. The van der Waals surface area contributed by atoms with Gasteiger partial charge in [-0.2, -0.15) is 13.3 Å². The van der Waals surface area contributed by atoms with Crippen LogP contribution in [0.3, 0.4) is 0 Å². The Hall–Kier alpha value is -1.41. The minimum atomic E-state index is 0. The van der Waals surface area contributed by atoms with Gasteiger partial charge in [0.25, 0.3) is 0 Å². The van der Waals surface area contributed by atoms with Gasteiger partial charge in [0, 0.05) is 0 Å². The summed E-state index contributed by atoms with van der Waals surface area (Å²) >= 11 is 0. The molecule has 15 heavy (non-hydrogen) atoms. The van der Waals surface area contributed by atoms with Crippen LogP contribution >= 0.6 is 0 Å². The van der Waals surface area contributed by atoms with E-state index < -0.39 is 0 Å². The second kappa shape index (κ2) is 22.9. The van der Waals surface area contributed by atoms with Gasteiger partial charge in [0.05, 0.1) is 0 Å². The van der Waals surface area contributed by atoms with Gasteiger partial charge < -0.3 is 21.3 Å². The first-order valence-electron chi connectivity index (χ1n) is 3.25. The molecule has 0 fully saturated rings. The molecule has 0 aromatic rings. The van der Waals surface area contributed by atoms with E-state index >= 15 is 0 Å². The maximum Gasteiger partial charge on any atom is 2.00 e. The van der Waals surface area contributed by atoms with Gasteiger partial charge in [0.2, 0.25) is 0 Å². The van der Waals surface area contributed by atoms with E-state index in [9.17, 15) is 19.2 Å². The van der Waals surface area contributed by atoms with Gasteiger partial charge in [0.15, 0.2) is 25.6 Å². The van der Waals surface area contributed by atoms with Crippen molar-refractivity contribution in [3.05, 3.63) is 13.3 Å². The molecule has 82 valence electrons. The predicted octanol–water partition coefficient (Wildman–Crippen LogP) is -2.81. The SMILES string of the molecule is O=CN[CH-]NC=O.O=CN[CH-]NC=O.[Ti+2]. The Balaban J connectivity index is -0.000000180. The van der Waals surface area contributed by atoms with Gasteiger partial charge in [-0.05, 0) is 0 Å². The summed E-state index contributed by atoms with van der Waals surface area (Å²) in [5.74, 6) is 0. The summed E-state index contributed by atoms with van der Waals surface area (Å²) in [5, 5.41) is 8.40. The summed E-state index contributed by atoms with van der Waals surface area (Å²) in [6.07, 6.45) is 1.82. The average molecular weight is 250 g/mol. The zero-order valence-electron chi connectivity index (χ0n) is 7.60. The number of hydrogen-bond donors (Lipinski definition) is 4. The number of carbonyl (C=O) groups excluding carboxylic acids is 4.